The van der Waals surface area contributed by atoms with Crippen LogP contribution in [-0.2, 0) is 43.4 Å². The number of rotatable bonds is 4. The second kappa shape index (κ2) is 15.8. The number of carbonyl (C=O) groups excluding carboxylic acids is 2. The van der Waals surface area contributed by atoms with Crippen molar-refractivity contribution in [2.45, 2.75) is 19.3 Å². The molecule has 0 atom stereocenters. The van der Waals surface area contributed by atoms with Crippen LogP contribution < -0.4 is 0 Å². The molecule has 0 aliphatic heterocycles. The van der Waals surface area contributed by atoms with Gasteiger partial charge in [-0.2, -0.15) is 0 Å². The summed E-state index contributed by atoms with van der Waals surface area (Å²) in [5.74, 6) is 0. The average molecular weight is 215 g/mol. The molecule has 4 heteroatoms. The Balaban J connectivity index is -0.000000180. The van der Waals surface area contributed by atoms with Crippen LogP contribution >= 0.6 is 0 Å². The first-order valence-corrected chi connectivity index (χ1v) is 2.29. The van der Waals surface area contributed by atoms with Crippen molar-refractivity contribution in [3.8, 4) is 0 Å². The normalized spacial score (nSPS) is 6.22. The van der Waals surface area contributed by atoms with Crippen molar-refractivity contribution in [1.29, 1.82) is 0 Å². The molecule has 0 unspecified atom stereocenters. The van der Waals surface area contributed by atoms with E-state index in [1.54, 1.807) is 0 Å². The molecule has 0 spiro atoms. The molecule has 2 nitrogen and oxygen atoms in total. The molecule has 0 bridgehead atoms. The summed E-state index contributed by atoms with van der Waals surface area (Å²) in [5.41, 5.74) is 0. The van der Waals surface area contributed by atoms with Crippen LogP contribution in [0.15, 0.2) is 0 Å². The van der Waals surface area contributed by atoms with Crippen molar-refractivity contribution in [1.82, 2.24) is 0 Å². The fraction of sp³-hybridized carbons (Fsp3) is 0.600. The zero-order valence-electron chi connectivity index (χ0n) is 4.78. The van der Waals surface area contributed by atoms with E-state index in [0.29, 0.717) is 19.3 Å². The average Bonchev–Trinajstić information content (AvgIpc) is 1.69. The van der Waals surface area contributed by atoms with E-state index in [1.165, 1.54) is 0 Å². The first-order chi connectivity index (χ1) is 3.41. The van der Waals surface area contributed by atoms with Gasteiger partial charge in [-0.05, 0) is 6.42 Å². The van der Waals surface area contributed by atoms with Crippen molar-refractivity contribution >= 4 is 12.6 Å². The maximum atomic E-state index is 9.56. The summed E-state index contributed by atoms with van der Waals surface area (Å²) in [4.78, 5) is 19.1. The third kappa shape index (κ3) is 17.8. The Morgan fingerprint density at radius 2 is 1.33 bits per heavy atom. The zero-order chi connectivity index (χ0) is 5.54. The van der Waals surface area contributed by atoms with Crippen LogP contribution in [0.25, 0.3) is 0 Å². The number of carbonyl (C=O) groups is 2. The summed E-state index contributed by atoms with van der Waals surface area (Å²) in [6.07, 6.45) is 3.37. The van der Waals surface area contributed by atoms with E-state index in [0.717, 1.165) is 12.6 Å². The Kier molecular flexibility index (Phi) is 28.3. The molecular weight excluding hydrogens is 207 g/mol. The van der Waals surface area contributed by atoms with Gasteiger partial charge in [-0.15, -0.1) is 0 Å². The number of aldehydes is 2. The van der Waals surface area contributed by atoms with Gasteiger partial charge in [0.1, 0.15) is 12.6 Å². The Labute approximate surface area is 75.4 Å². The Bertz CT molecular complexity index is 60.0. The van der Waals surface area contributed by atoms with E-state index in [9.17, 15) is 9.59 Å². The quantitative estimate of drug-likeness (QED) is 0.389. The van der Waals surface area contributed by atoms with Gasteiger partial charge in [0.25, 0.3) is 0 Å². The fourth-order valence-corrected chi connectivity index (χ4v) is 0.285. The van der Waals surface area contributed by atoms with E-state index >= 15 is 0 Å². The summed E-state index contributed by atoms with van der Waals surface area (Å²) in [6.45, 7) is 0. The molecule has 0 fully saturated rings. The largest absolute Gasteiger partial charge is 0.303 e. The molecule has 9 heavy (non-hydrogen) atoms. The van der Waals surface area contributed by atoms with Crippen LogP contribution in [0.2, 0.25) is 0 Å². The molecule has 0 aromatic heterocycles. The van der Waals surface area contributed by atoms with E-state index in [4.69, 9.17) is 0 Å². The minimum atomic E-state index is 0. The third-order valence-corrected chi connectivity index (χ3v) is 0.644. The van der Waals surface area contributed by atoms with Crippen LogP contribution in [0.1, 0.15) is 19.3 Å². The fourth-order valence-electron chi connectivity index (χ4n) is 0.285. The Hall–Kier alpha value is 0.366. The maximum absolute atomic E-state index is 9.56. The number of unbranched alkanes of at least 4 members (excludes halogenated alkanes) is 2. The minimum Gasteiger partial charge on any atom is -0.303 e. The van der Waals surface area contributed by atoms with Gasteiger partial charge in [-0.1, -0.05) is 0 Å². The Morgan fingerprint density at radius 1 is 1.00 bits per heavy atom. The van der Waals surface area contributed by atoms with Crippen LogP contribution in [0.4, 0.5) is 0 Å². The molecule has 1 radical (unpaired) electrons. The van der Waals surface area contributed by atoms with Gasteiger partial charge < -0.3 is 9.59 Å². The molecule has 57 valence electrons. The van der Waals surface area contributed by atoms with Crippen LogP contribution in [0.5, 0.6) is 0 Å². The molecule has 0 aromatic carbocycles. The van der Waals surface area contributed by atoms with E-state index in [-0.39, 0.29) is 33.8 Å². The monoisotopic (exact) mass is 215 g/mol. The van der Waals surface area contributed by atoms with E-state index < -0.39 is 0 Å². The first kappa shape index (κ1) is 16.2. The van der Waals surface area contributed by atoms with Gasteiger partial charge in [0.05, 0.1) is 0 Å². The van der Waals surface area contributed by atoms with Gasteiger partial charge in [-0.25, -0.2) is 0 Å². The maximum Gasteiger partial charge on any atom is 0.120 e. The molecule has 0 aliphatic carbocycles. The predicted octanol–water partition coefficient (Wildman–Crippen LogP) is 0.549. The summed E-state index contributed by atoms with van der Waals surface area (Å²) < 4.78 is 0. The van der Waals surface area contributed by atoms with Gasteiger partial charge in [0.15, 0.2) is 0 Å². The standard InChI is InChI=1S/C5H8O2.Co.Fe/c6-4-2-1-3-5-7;;/h4-5H,1-3H2;;. The van der Waals surface area contributed by atoms with Gasteiger partial charge >= 0.3 is 0 Å². The Morgan fingerprint density at radius 3 is 1.56 bits per heavy atom. The molecule has 0 aromatic rings. The predicted molar refractivity (Wildman–Crippen MR) is 26.0 cm³/mol. The molecular formula is C5H8CoFeO2. The van der Waals surface area contributed by atoms with Crippen molar-refractivity contribution < 1.29 is 43.4 Å². The molecule has 0 saturated heterocycles. The van der Waals surface area contributed by atoms with Crippen molar-refractivity contribution in [2.75, 3.05) is 0 Å². The van der Waals surface area contributed by atoms with E-state index in [2.05, 4.69) is 0 Å². The second-order valence-corrected chi connectivity index (χ2v) is 1.26. The smallest absolute Gasteiger partial charge is 0.120 e. The van der Waals surface area contributed by atoms with Crippen LogP contribution in [0, 0.1) is 0 Å². The molecule has 0 aliphatic rings. The molecule has 0 heterocycles. The second-order valence-electron chi connectivity index (χ2n) is 1.26. The molecule has 0 saturated carbocycles. The molecule has 0 N–H and O–H groups in total. The van der Waals surface area contributed by atoms with Gasteiger partial charge in [-0.3, -0.25) is 0 Å². The first-order valence-electron chi connectivity index (χ1n) is 2.29. The van der Waals surface area contributed by atoms with Crippen molar-refractivity contribution in [3.05, 3.63) is 0 Å². The van der Waals surface area contributed by atoms with Crippen molar-refractivity contribution in [3.63, 3.8) is 0 Å². The van der Waals surface area contributed by atoms with Gasteiger partial charge in [0, 0.05) is 46.7 Å². The summed E-state index contributed by atoms with van der Waals surface area (Å²) >= 11 is 0. The minimum absolute atomic E-state index is 0. The van der Waals surface area contributed by atoms with Gasteiger partial charge in [0.2, 0.25) is 0 Å². The van der Waals surface area contributed by atoms with E-state index in [1.807, 2.05) is 0 Å². The van der Waals surface area contributed by atoms with Crippen molar-refractivity contribution in [2.24, 2.45) is 0 Å². The third-order valence-electron chi connectivity index (χ3n) is 0.644. The summed E-state index contributed by atoms with van der Waals surface area (Å²) in [6, 6.07) is 0. The number of hydrogen-bond acceptors (Lipinski definition) is 2. The topological polar surface area (TPSA) is 34.1 Å². The van der Waals surface area contributed by atoms with Crippen LogP contribution in [-0.4, -0.2) is 12.6 Å². The molecule has 0 rings (SSSR count). The number of hydrogen-bond donors (Lipinski definition) is 0. The SMILES string of the molecule is O=CCCCC=O.[Co].[Fe]. The van der Waals surface area contributed by atoms with Crippen LogP contribution in [0.3, 0.4) is 0 Å². The molecule has 0 amide bonds. The zero-order valence-corrected chi connectivity index (χ0v) is 6.92. The summed E-state index contributed by atoms with van der Waals surface area (Å²) in [7, 11) is 0. The summed E-state index contributed by atoms with van der Waals surface area (Å²) in [5, 5.41) is 0.